The Balaban J connectivity index is 1.93. The van der Waals surface area contributed by atoms with E-state index >= 15 is 0 Å². The minimum Gasteiger partial charge on any atom is -0.494 e. The zero-order chi connectivity index (χ0) is 19.7. The first kappa shape index (κ1) is 18.3. The van der Waals surface area contributed by atoms with Crippen molar-refractivity contribution >= 4 is 16.9 Å². The molecule has 1 unspecified atom stereocenters. The van der Waals surface area contributed by atoms with E-state index < -0.39 is 6.04 Å². The number of ether oxygens (including phenoxy) is 1. The molecule has 5 heteroatoms. The number of rotatable bonds is 6. The van der Waals surface area contributed by atoms with Crippen molar-refractivity contribution in [3.63, 3.8) is 0 Å². The molecular weight excluding hydrogens is 354 g/mol. The quantitative estimate of drug-likeness (QED) is 0.633. The maximum Gasteiger partial charge on any atom is 0.290 e. The third-order valence-corrected chi connectivity index (χ3v) is 5.11. The van der Waals surface area contributed by atoms with Crippen molar-refractivity contribution in [1.29, 1.82) is 0 Å². The Bertz CT molecular complexity index is 1090. The van der Waals surface area contributed by atoms with Gasteiger partial charge >= 0.3 is 0 Å². The molecule has 144 valence electrons. The highest BCUT2D eigenvalue weighted by Crippen LogP contribution is 2.39. The molecule has 0 radical (unpaired) electrons. The van der Waals surface area contributed by atoms with E-state index in [0.29, 0.717) is 29.7 Å². The molecule has 0 saturated heterocycles. The lowest BCUT2D eigenvalue weighted by atomic mass is 9.98. The summed E-state index contributed by atoms with van der Waals surface area (Å²) in [6.45, 7) is 5.13. The number of amides is 1. The summed E-state index contributed by atoms with van der Waals surface area (Å²) in [7, 11) is 0. The van der Waals surface area contributed by atoms with Crippen LogP contribution in [0.4, 0.5) is 0 Å². The van der Waals surface area contributed by atoms with Crippen LogP contribution in [-0.4, -0.2) is 24.0 Å². The lowest BCUT2D eigenvalue weighted by Gasteiger charge is -2.25. The SMILES string of the molecule is CCCCN1C(=O)c2oc3ccccc3c(=O)c2C1c1cccc(OCC)c1. The molecule has 2 heterocycles. The van der Waals surface area contributed by atoms with E-state index in [-0.39, 0.29) is 17.1 Å². The third kappa shape index (κ3) is 2.97. The van der Waals surface area contributed by atoms with E-state index in [9.17, 15) is 9.59 Å². The van der Waals surface area contributed by atoms with Gasteiger partial charge in [-0.1, -0.05) is 37.6 Å². The van der Waals surface area contributed by atoms with Crippen molar-refractivity contribution in [3.8, 4) is 5.75 Å². The predicted molar refractivity (Wildman–Crippen MR) is 108 cm³/mol. The number of benzene rings is 2. The highest BCUT2D eigenvalue weighted by atomic mass is 16.5. The summed E-state index contributed by atoms with van der Waals surface area (Å²) in [5.74, 6) is 0.659. The fraction of sp³-hybridized carbons (Fsp3) is 0.304. The van der Waals surface area contributed by atoms with E-state index in [1.807, 2.05) is 37.3 Å². The maximum atomic E-state index is 13.3. The number of para-hydroxylation sites is 1. The molecular formula is C23H23NO4. The minimum absolute atomic E-state index is 0.143. The Kier molecular flexibility index (Phi) is 4.90. The molecule has 5 nitrogen and oxygen atoms in total. The molecule has 1 atom stereocenters. The maximum absolute atomic E-state index is 13.3. The van der Waals surface area contributed by atoms with Crippen molar-refractivity contribution < 1.29 is 13.9 Å². The van der Waals surface area contributed by atoms with Gasteiger partial charge in [0.1, 0.15) is 11.3 Å². The van der Waals surface area contributed by atoms with Crippen molar-refractivity contribution in [2.24, 2.45) is 0 Å². The van der Waals surface area contributed by atoms with Gasteiger partial charge in [-0.15, -0.1) is 0 Å². The molecule has 1 amide bonds. The van der Waals surface area contributed by atoms with Crippen LogP contribution in [0.25, 0.3) is 11.0 Å². The molecule has 1 aliphatic rings. The average molecular weight is 377 g/mol. The topological polar surface area (TPSA) is 59.8 Å². The van der Waals surface area contributed by atoms with E-state index in [4.69, 9.17) is 9.15 Å². The predicted octanol–water partition coefficient (Wildman–Crippen LogP) is 4.54. The molecule has 4 rings (SSSR count). The van der Waals surface area contributed by atoms with Gasteiger partial charge in [-0.2, -0.15) is 0 Å². The number of nitrogens with zero attached hydrogens (tertiary/aromatic N) is 1. The Morgan fingerprint density at radius 1 is 1.07 bits per heavy atom. The Morgan fingerprint density at radius 3 is 2.68 bits per heavy atom. The minimum atomic E-state index is -0.463. The van der Waals surface area contributed by atoms with Crippen LogP contribution >= 0.6 is 0 Å². The molecule has 3 aromatic rings. The lowest BCUT2D eigenvalue weighted by Crippen LogP contribution is -2.30. The van der Waals surface area contributed by atoms with Gasteiger partial charge in [-0.25, -0.2) is 0 Å². The second-order valence-electron chi connectivity index (χ2n) is 6.93. The highest BCUT2D eigenvalue weighted by molar-refractivity contribution is 5.99. The largest absolute Gasteiger partial charge is 0.494 e. The van der Waals surface area contributed by atoms with Crippen LogP contribution in [0.5, 0.6) is 5.75 Å². The summed E-state index contributed by atoms with van der Waals surface area (Å²) < 4.78 is 11.5. The van der Waals surface area contributed by atoms with Gasteiger partial charge in [0.15, 0.2) is 5.43 Å². The zero-order valence-electron chi connectivity index (χ0n) is 16.1. The normalized spacial score (nSPS) is 15.9. The summed E-state index contributed by atoms with van der Waals surface area (Å²) in [5, 5.41) is 0.498. The van der Waals surface area contributed by atoms with E-state index in [1.165, 1.54) is 0 Å². The van der Waals surface area contributed by atoms with Gasteiger partial charge in [-0.3, -0.25) is 9.59 Å². The fourth-order valence-corrected chi connectivity index (χ4v) is 3.81. The summed E-state index contributed by atoms with van der Waals surface area (Å²) in [5.41, 5.74) is 1.58. The molecule has 0 spiro atoms. The molecule has 2 aromatic carbocycles. The summed E-state index contributed by atoms with van der Waals surface area (Å²) in [6, 6.07) is 14.2. The molecule has 0 fully saturated rings. The van der Waals surface area contributed by atoms with Crippen LogP contribution in [0.1, 0.15) is 54.4 Å². The first-order chi connectivity index (χ1) is 13.7. The molecule has 0 N–H and O–H groups in total. The van der Waals surface area contributed by atoms with Gasteiger partial charge in [0.25, 0.3) is 5.91 Å². The smallest absolute Gasteiger partial charge is 0.290 e. The Hall–Kier alpha value is -3.08. The van der Waals surface area contributed by atoms with E-state index in [1.54, 1.807) is 23.1 Å². The number of carbonyl (C=O) groups excluding carboxylic acids is 1. The molecule has 0 saturated carbocycles. The molecule has 1 aromatic heterocycles. The van der Waals surface area contributed by atoms with Gasteiger partial charge in [-0.05, 0) is 43.2 Å². The second kappa shape index (κ2) is 7.50. The van der Waals surface area contributed by atoms with Gasteiger partial charge in [0.05, 0.1) is 23.6 Å². The van der Waals surface area contributed by atoms with Crippen LogP contribution in [-0.2, 0) is 0 Å². The van der Waals surface area contributed by atoms with Crippen molar-refractivity contribution in [2.75, 3.05) is 13.2 Å². The number of hydrogen-bond donors (Lipinski definition) is 0. The third-order valence-electron chi connectivity index (χ3n) is 5.11. The van der Waals surface area contributed by atoms with Crippen molar-refractivity contribution in [1.82, 2.24) is 4.90 Å². The standard InChI is InChI=1S/C23H23NO4/c1-3-5-13-24-20(15-9-8-10-16(14-15)27-4-2)19-21(25)17-11-6-7-12-18(17)28-22(19)23(24)26/h6-12,14,20H,3-5,13H2,1-2H3. The van der Waals surface area contributed by atoms with Gasteiger partial charge in [0.2, 0.25) is 5.76 Å². The molecule has 0 bridgehead atoms. The zero-order valence-corrected chi connectivity index (χ0v) is 16.1. The molecule has 28 heavy (non-hydrogen) atoms. The molecule has 0 aliphatic carbocycles. The van der Waals surface area contributed by atoms with Crippen LogP contribution in [0.15, 0.2) is 57.7 Å². The van der Waals surface area contributed by atoms with Crippen LogP contribution in [0.3, 0.4) is 0 Å². The number of hydrogen-bond acceptors (Lipinski definition) is 4. The highest BCUT2D eigenvalue weighted by Gasteiger charge is 2.42. The molecule has 1 aliphatic heterocycles. The van der Waals surface area contributed by atoms with Gasteiger partial charge in [0, 0.05) is 6.54 Å². The van der Waals surface area contributed by atoms with E-state index in [0.717, 1.165) is 24.2 Å². The van der Waals surface area contributed by atoms with Gasteiger partial charge < -0.3 is 14.1 Å². The monoisotopic (exact) mass is 377 g/mol. The Labute approximate surface area is 163 Å². The summed E-state index contributed by atoms with van der Waals surface area (Å²) >= 11 is 0. The van der Waals surface area contributed by atoms with Crippen LogP contribution in [0, 0.1) is 0 Å². The number of carbonyl (C=O) groups is 1. The van der Waals surface area contributed by atoms with Crippen LogP contribution < -0.4 is 10.2 Å². The fourth-order valence-electron chi connectivity index (χ4n) is 3.81. The van der Waals surface area contributed by atoms with E-state index in [2.05, 4.69) is 6.92 Å². The summed E-state index contributed by atoms with van der Waals surface area (Å²) in [6.07, 6.45) is 1.81. The van der Waals surface area contributed by atoms with Crippen molar-refractivity contribution in [2.45, 2.75) is 32.7 Å². The number of fused-ring (bicyclic) bond motifs is 2. The Morgan fingerprint density at radius 2 is 1.89 bits per heavy atom. The van der Waals surface area contributed by atoms with Crippen LogP contribution in [0.2, 0.25) is 0 Å². The second-order valence-corrected chi connectivity index (χ2v) is 6.93. The lowest BCUT2D eigenvalue weighted by molar-refractivity contribution is 0.0725. The average Bonchev–Trinajstić information content (AvgIpc) is 2.99. The summed E-state index contributed by atoms with van der Waals surface area (Å²) in [4.78, 5) is 28.2. The van der Waals surface area contributed by atoms with Crippen molar-refractivity contribution in [3.05, 3.63) is 75.6 Å². The number of unbranched alkanes of at least 4 members (excludes halogenated alkanes) is 1. The first-order valence-electron chi connectivity index (χ1n) is 9.75. The first-order valence-corrected chi connectivity index (χ1v) is 9.75.